The first kappa shape index (κ1) is 14.5. The molecule has 1 aromatic carbocycles. The smallest absolute Gasteiger partial charge is 0.141 e. The largest absolute Gasteiger partial charge is 0.494 e. The average molecular weight is 275 g/mol. The van der Waals surface area contributed by atoms with Gasteiger partial charge in [-0.15, -0.1) is 0 Å². The minimum absolute atomic E-state index is 0.418. The zero-order valence-corrected chi connectivity index (χ0v) is 11.6. The summed E-state index contributed by atoms with van der Waals surface area (Å²) in [5.41, 5.74) is -0.0774. The molecule has 0 aliphatic rings. The molecule has 0 amide bonds. The summed E-state index contributed by atoms with van der Waals surface area (Å²) in [4.78, 5) is 4.00. The van der Waals surface area contributed by atoms with Crippen LogP contribution in [0, 0.1) is 5.82 Å². The van der Waals surface area contributed by atoms with Crippen molar-refractivity contribution in [2.75, 3.05) is 6.61 Å². The maximum absolute atomic E-state index is 13.0. The molecule has 3 nitrogen and oxygen atoms in total. The van der Waals surface area contributed by atoms with Gasteiger partial charge in [0.25, 0.3) is 0 Å². The van der Waals surface area contributed by atoms with Gasteiger partial charge in [-0.25, -0.2) is 4.39 Å². The highest BCUT2D eigenvalue weighted by atomic mass is 19.1. The lowest BCUT2D eigenvalue weighted by molar-refractivity contribution is 0.0717. The molecule has 0 saturated heterocycles. The van der Waals surface area contributed by atoms with Crippen LogP contribution in [-0.4, -0.2) is 16.7 Å². The van der Waals surface area contributed by atoms with E-state index in [9.17, 15) is 9.50 Å². The predicted octanol–water partition coefficient (Wildman–Crippen LogP) is 3.27. The van der Waals surface area contributed by atoms with E-state index < -0.39 is 11.4 Å². The van der Waals surface area contributed by atoms with Crippen LogP contribution in [0.5, 0.6) is 5.75 Å². The number of nitrogens with zero attached hydrogens (tertiary/aromatic N) is 1. The van der Waals surface area contributed by atoms with Crippen molar-refractivity contribution in [2.45, 2.75) is 25.9 Å². The molecule has 0 saturated carbocycles. The normalized spacial score (nSPS) is 13.8. The van der Waals surface area contributed by atoms with Crippen molar-refractivity contribution in [2.24, 2.45) is 0 Å². The molecule has 106 valence electrons. The minimum atomic E-state index is -1.22. The highest BCUT2D eigenvalue weighted by Crippen LogP contribution is 2.32. The predicted molar refractivity (Wildman–Crippen MR) is 75.1 cm³/mol. The number of aromatic nitrogens is 1. The van der Waals surface area contributed by atoms with Gasteiger partial charge in [-0.2, -0.15) is 0 Å². The van der Waals surface area contributed by atoms with Gasteiger partial charge < -0.3 is 9.84 Å². The van der Waals surface area contributed by atoms with Gasteiger partial charge >= 0.3 is 0 Å². The standard InChI is InChI=1S/C16H18FNO2/c1-3-16(19,15-10-7-13(17)11-18-15)12-5-8-14(9-6-12)20-4-2/h5-11,19H,3-4H2,1-2H3. The second-order valence-corrected chi connectivity index (χ2v) is 4.53. The lowest BCUT2D eigenvalue weighted by Gasteiger charge is -2.27. The molecule has 0 aliphatic heterocycles. The Kier molecular flexibility index (Phi) is 4.35. The Morgan fingerprint density at radius 3 is 2.35 bits per heavy atom. The molecule has 1 atom stereocenters. The molecule has 1 heterocycles. The van der Waals surface area contributed by atoms with E-state index in [0.29, 0.717) is 24.3 Å². The van der Waals surface area contributed by atoms with Crippen molar-refractivity contribution in [3.05, 3.63) is 59.7 Å². The van der Waals surface area contributed by atoms with Crippen molar-refractivity contribution < 1.29 is 14.2 Å². The molecule has 0 fully saturated rings. The highest BCUT2D eigenvalue weighted by Gasteiger charge is 2.31. The van der Waals surface area contributed by atoms with Crippen LogP contribution >= 0.6 is 0 Å². The van der Waals surface area contributed by atoms with Crippen LogP contribution in [-0.2, 0) is 5.60 Å². The molecule has 1 unspecified atom stereocenters. The van der Waals surface area contributed by atoms with Gasteiger partial charge in [0.1, 0.15) is 17.2 Å². The molecule has 1 aromatic heterocycles. The first-order valence-electron chi connectivity index (χ1n) is 6.68. The van der Waals surface area contributed by atoms with E-state index in [0.717, 1.165) is 11.9 Å². The topological polar surface area (TPSA) is 42.4 Å². The van der Waals surface area contributed by atoms with E-state index in [2.05, 4.69) is 4.98 Å². The van der Waals surface area contributed by atoms with Crippen molar-refractivity contribution in [3.63, 3.8) is 0 Å². The number of halogens is 1. The number of ether oxygens (including phenoxy) is 1. The summed E-state index contributed by atoms with van der Waals surface area (Å²) < 4.78 is 18.3. The number of aliphatic hydroxyl groups is 1. The summed E-state index contributed by atoms with van der Waals surface area (Å²) in [5.74, 6) is 0.334. The minimum Gasteiger partial charge on any atom is -0.494 e. The Morgan fingerprint density at radius 1 is 1.15 bits per heavy atom. The lowest BCUT2D eigenvalue weighted by atomic mass is 9.87. The third-order valence-electron chi connectivity index (χ3n) is 3.31. The monoisotopic (exact) mass is 275 g/mol. The van der Waals surface area contributed by atoms with Crippen molar-refractivity contribution in [3.8, 4) is 5.75 Å². The fourth-order valence-electron chi connectivity index (χ4n) is 2.15. The van der Waals surface area contributed by atoms with Gasteiger partial charge in [0, 0.05) is 0 Å². The number of hydrogen-bond donors (Lipinski definition) is 1. The Bertz CT molecular complexity index is 554. The lowest BCUT2D eigenvalue weighted by Crippen LogP contribution is -2.27. The Balaban J connectivity index is 2.36. The molecule has 0 aliphatic carbocycles. The highest BCUT2D eigenvalue weighted by molar-refractivity contribution is 5.36. The second-order valence-electron chi connectivity index (χ2n) is 4.53. The Hall–Kier alpha value is -1.94. The molecule has 2 rings (SSSR count). The molecule has 4 heteroatoms. The zero-order valence-electron chi connectivity index (χ0n) is 11.6. The molecule has 0 radical (unpaired) electrons. The van der Waals surface area contributed by atoms with Crippen LogP contribution in [0.1, 0.15) is 31.5 Å². The number of hydrogen-bond acceptors (Lipinski definition) is 3. The van der Waals surface area contributed by atoms with Crippen molar-refractivity contribution in [1.29, 1.82) is 0 Å². The van der Waals surface area contributed by atoms with Gasteiger partial charge in [-0.1, -0.05) is 19.1 Å². The van der Waals surface area contributed by atoms with E-state index >= 15 is 0 Å². The molecular formula is C16H18FNO2. The van der Waals surface area contributed by atoms with Crippen LogP contribution in [0.15, 0.2) is 42.6 Å². The summed E-state index contributed by atoms with van der Waals surface area (Å²) in [7, 11) is 0. The number of pyridine rings is 1. The van der Waals surface area contributed by atoms with Gasteiger partial charge in [-0.3, -0.25) is 4.98 Å². The first-order chi connectivity index (χ1) is 9.60. The summed E-state index contributed by atoms with van der Waals surface area (Å²) in [6.07, 6.45) is 1.56. The summed E-state index contributed by atoms with van der Waals surface area (Å²) in [5, 5.41) is 10.8. The van der Waals surface area contributed by atoms with Gasteiger partial charge in [0.05, 0.1) is 18.5 Å². The van der Waals surface area contributed by atoms with Gasteiger partial charge in [-0.05, 0) is 43.2 Å². The Morgan fingerprint density at radius 2 is 1.85 bits per heavy atom. The fourth-order valence-corrected chi connectivity index (χ4v) is 2.15. The van der Waals surface area contributed by atoms with Crippen molar-refractivity contribution in [1.82, 2.24) is 4.98 Å². The summed E-state index contributed by atoms with van der Waals surface area (Å²) >= 11 is 0. The van der Waals surface area contributed by atoms with E-state index in [1.165, 1.54) is 12.1 Å². The van der Waals surface area contributed by atoms with Crippen LogP contribution in [0.3, 0.4) is 0 Å². The molecule has 2 aromatic rings. The van der Waals surface area contributed by atoms with Crippen molar-refractivity contribution >= 4 is 0 Å². The van der Waals surface area contributed by atoms with E-state index in [1.807, 2.05) is 26.0 Å². The SMILES string of the molecule is CCOc1ccc(C(O)(CC)c2ccc(F)cn2)cc1. The zero-order chi connectivity index (χ0) is 14.6. The van der Waals surface area contributed by atoms with E-state index in [4.69, 9.17) is 4.74 Å². The van der Waals surface area contributed by atoms with Crippen LogP contribution in [0.2, 0.25) is 0 Å². The number of rotatable bonds is 5. The summed E-state index contributed by atoms with van der Waals surface area (Å²) in [6, 6.07) is 10.0. The third-order valence-corrected chi connectivity index (χ3v) is 3.31. The quantitative estimate of drug-likeness (QED) is 0.910. The molecular weight excluding hydrogens is 257 g/mol. The Labute approximate surface area is 118 Å². The first-order valence-corrected chi connectivity index (χ1v) is 6.68. The molecule has 20 heavy (non-hydrogen) atoms. The maximum Gasteiger partial charge on any atom is 0.141 e. The van der Waals surface area contributed by atoms with E-state index in [1.54, 1.807) is 12.1 Å². The molecule has 1 N–H and O–H groups in total. The van der Waals surface area contributed by atoms with E-state index in [-0.39, 0.29) is 0 Å². The molecule has 0 bridgehead atoms. The maximum atomic E-state index is 13.0. The fraction of sp³-hybridized carbons (Fsp3) is 0.312. The van der Waals surface area contributed by atoms with Crippen LogP contribution in [0.4, 0.5) is 4.39 Å². The second kappa shape index (κ2) is 6.01. The summed E-state index contributed by atoms with van der Waals surface area (Å²) in [6.45, 7) is 4.37. The average Bonchev–Trinajstić information content (AvgIpc) is 2.48. The number of benzene rings is 1. The third kappa shape index (κ3) is 2.80. The van der Waals surface area contributed by atoms with Gasteiger partial charge in [0.2, 0.25) is 0 Å². The van der Waals surface area contributed by atoms with Gasteiger partial charge in [0.15, 0.2) is 0 Å². The molecule has 0 spiro atoms. The van der Waals surface area contributed by atoms with Crippen LogP contribution in [0.25, 0.3) is 0 Å². The van der Waals surface area contributed by atoms with Crippen LogP contribution < -0.4 is 4.74 Å².